The number of nitrogens with one attached hydrogen (secondary N) is 1. The average Bonchev–Trinajstić information content (AvgIpc) is 2.92. The first kappa shape index (κ1) is 13.8. The van der Waals surface area contributed by atoms with Gasteiger partial charge in [-0.15, -0.1) is 0 Å². The summed E-state index contributed by atoms with van der Waals surface area (Å²) in [6.45, 7) is 0. The van der Waals surface area contributed by atoms with Crippen LogP contribution in [0.25, 0.3) is 0 Å². The van der Waals surface area contributed by atoms with E-state index in [2.05, 4.69) is 17.4 Å². The molecule has 0 saturated heterocycles. The first-order valence-corrected chi connectivity index (χ1v) is 7.94. The fourth-order valence-corrected chi connectivity index (χ4v) is 3.30. The molecule has 3 rings (SSSR count). The lowest BCUT2D eigenvalue weighted by Crippen LogP contribution is -2.05. The summed E-state index contributed by atoms with van der Waals surface area (Å²) < 4.78 is 0. The molecule has 20 heavy (non-hydrogen) atoms. The molecule has 2 aromatic carbocycles. The first-order chi connectivity index (χ1) is 9.72. The van der Waals surface area contributed by atoms with Gasteiger partial charge in [0, 0.05) is 10.8 Å². The maximum absolute atomic E-state index is 6.14. The molecule has 0 amide bonds. The third kappa shape index (κ3) is 3.11. The van der Waals surface area contributed by atoms with Gasteiger partial charge in [-0.25, -0.2) is 0 Å². The molecule has 102 valence electrons. The van der Waals surface area contributed by atoms with Crippen LogP contribution < -0.4 is 5.32 Å². The van der Waals surface area contributed by atoms with Gasteiger partial charge in [0.2, 0.25) is 0 Å². The van der Waals surface area contributed by atoms with Gasteiger partial charge in [0.15, 0.2) is 5.17 Å². The summed E-state index contributed by atoms with van der Waals surface area (Å²) in [7, 11) is 0. The Bertz CT molecular complexity index is 644. The summed E-state index contributed by atoms with van der Waals surface area (Å²) in [5.74, 6) is 0.935. The van der Waals surface area contributed by atoms with Gasteiger partial charge in [-0.05, 0) is 23.8 Å². The Hall–Kier alpha value is -1.16. The van der Waals surface area contributed by atoms with Crippen molar-refractivity contribution in [2.24, 2.45) is 4.99 Å². The third-order valence-corrected chi connectivity index (χ3v) is 4.53. The average molecular weight is 323 g/mol. The van der Waals surface area contributed by atoms with E-state index in [9.17, 15) is 0 Å². The second-order valence-corrected chi connectivity index (χ2v) is 6.27. The highest BCUT2D eigenvalue weighted by molar-refractivity contribution is 8.14. The molecule has 0 aliphatic carbocycles. The lowest BCUT2D eigenvalue weighted by molar-refractivity contribution is 0.849. The van der Waals surface area contributed by atoms with Crippen LogP contribution in [-0.2, 0) is 0 Å². The van der Waals surface area contributed by atoms with Gasteiger partial charge >= 0.3 is 0 Å². The van der Waals surface area contributed by atoms with Crippen molar-refractivity contribution < 1.29 is 0 Å². The molecule has 1 aliphatic heterocycles. The van der Waals surface area contributed by atoms with Gasteiger partial charge in [-0.2, -0.15) is 0 Å². The number of halogens is 2. The van der Waals surface area contributed by atoms with Gasteiger partial charge in [0.05, 0.1) is 16.8 Å². The summed E-state index contributed by atoms with van der Waals surface area (Å²) >= 11 is 13.8. The maximum Gasteiger partial charge on any atom is 0.161 e. The Morgan fingerprint density at radius 1 is 1.10 bits per heavy atom. The normalized spacial score (nSPS) is 17.9. The zero-order valence-electron chi connectivity index (χ0n) is 10.5. The Kier molecular flexibility index (Phi) is 4.20. The largest absolute Gasteiger partial charge is 0.334 e. The van der Waals surface area contributed by atoms with E-state index < -0.39 is 0 Å². The smallest absolute Gasteiger partial charge is 0.161 e. The van der Waals surface area contributed by atoms with E-state index in [0.29, 0.717) is 10.0 Å². The Morgan fingerprint density at radius 2 is 1.90 bits per heavy atom. The summed E-state index contributed by atoms with van der Waals surface area (Å²) in [5, 5.41) is 5.42. The highest BCUT2D eigenvalue weighted by Gasteiger charge is 2.20. The predicted molar refractivity (Wildman–Crippen MR) is 89.2 cm³/mol. The molecule has 5 heteroatoms. The van der Waals surface area contributed by atoms with Gasteiger partial charge in [0.25, 0.3) is 0 Å². The van der Waals surface area contributed by atoms with Crippen molar-refractivity contribution in [1.29, 1.82) is 0 Å². The van der Waals surface area contributed by atoms with Crippen LogP contribution in [0.5, 0.6) is 0 Å². The zero-order valence-corrected chi connectivity index (χ0v) is 12.8. The lowest BCUT2D eigenvalue weighted by Gasteiger charge is -2.07. The van der Waals surface area contributed by atoms with Crippen LogP contribution in [0.15, 0.2) is 53.5 Å². The molecule has 2 aromatic rings. The molecule has 0 fully saturated rings. The number of benzene rings is 2. The molecule has 0 aromatic heterocycles. The summed E-state index contributed by atoms with van der Waals surface area (Å²) in [5.41, 5.74) is 2.02. The number of nitrogens with zero attached hydrogens (tertiary/aromatic N) is 1. The quantitative estimate of drug-likeness (QED) is 0.816. The summed E-state index contributed by atoms with van der Waals surface area (Å²) in [6.07, 6.45) is 0. The molecule has 0 spiro atoms. The van der Waals surface area contributed by atoms with E-state index in [0.717, 1.165) is 16.6 Å². The molecule has 0 radical (unpaired) electrons. The van der Waals surface area contributed by atoms with Gasteiger partial charge in [-0.1, -0.05) is 65.3 Å². The van der Waals surface area contributed by atoms with Gasteiger partial charge in [0.1, 0.15) is 0 Å². The van der Waals surface area contributed by atoms with Crippen molar-refractivity contribution in [2.75, 3.05) is 11.1 Å². The Labute approximate surface area is 132 Å². The van der Waals surface area contributed by atoms with Crippen LogP contribution in [0.1, 0.15) is 11.6 Å². The minimum absolute atomic E-state index is 0.196. The number of thioether (sulfide) groups is 1. The van der Waals surface area contributed by atoms with Crippen molar-refractivity contribution >= 4 is 45.8 Å². The summed E-state index contributed by atoms with van der Waals surface area (Å²) in [4.78, 5) is 4.69. The topological polar surface area (TPSA) is 24.4 Å². The molecular weight excluding hydrogens is 311 g/mol. The van der Waals surface area contributed by atoms with E-state index in [1.54, 1.807) is 23.9 Å². The fourth-order valence-electron chi connectivity index (χ4n) is 2.00. The molecule has 1 N–H and O–H groups in total. The lowest BCUT2D eigenvalue weighted by atomic mass is 10.1. The Morgan fingerprint density at radius 3 is 2.70 bits per heavy atom. The van der Waals surface area contributed by atoms with Crippen molar-refractivity contribution in [2.45, 2.75) is 6.04 Å². The molecule has 1 unspecified atom stereocenters. The number of anilines is 1. The molecular formula is C15H12Cl2N2S. The fraction of sp³-hybridized carbons (Fsp3) is 0.133. The molecule has 1 atom stereocenters. The maximum atomic E-state index is 6.14. The molecule has 2 nitrogen and oxygen atoms in total. The number of hydrogen-bond acceptors (Lipinski definition) is 3. The van der Waals surface area contributed by atoms with Crippen molar-refractivity contribution in [3.8, 4) is 0 Å². The highest BCUT2D eigenvalue weighted by atomic mass is 35.5. The number of hydrogen-bond donors (Lipinski definition) is 1. The second kappa shape index (κ2) is 6.08. The van der Waals surface area contributed by atoms with Crippen LogP contribution >= 0.6 is 35.0 Å². The van der Waals surface area contributed by atoms with Crippen molar-refractivity contribution in [3.05, 3.63) is 64.1 Å². The van der Waals surface area contributed by atoms with Crippen LogP contribution in [0.2, 0.25) is 10.0 Å². The van der Waals surface area contributed by atoms with E-state index >= 15 is 0 Å². The Balaban J connectivity index is 1.77. The number of aliphatic imine (C=N–C) groups is 1. The monoisotopic (exact) mass is 322 g/mol. The van der Waals surface area contributed by atoms with E-state index in [1.807, 2.05) is 24.3 Å². The standard InChI is InChI=1S/C15H12Cl2N2S/c16-11-6-7-12(17)13(8-11)18-15-19-14(9-20-15)10-4-2-1-3-5-10/h1-8,14H,9H2,(H,18,19). The highest BCUT2D eigenvalue weighted by Crippen LogP contribution is 2.32. The van der Waals surface area contributed by atoms with Crippen LogP contribution in [0, 0.1) is 0 Å². The number of rotatable bonds is 2. The number of amidine groups is 1. The minimum Gasteiger partial charge on any atom is -0.334 e. The van der Waals surface area contributed by atoms with E-state index in [4.69, 9.17) is 28.2 Å². The predicted octanol–water partition coefficient (Wildman–Crippen LogP) is 5.25. The molecule has 0 saturated carbocycles. The van der Waals surface area contributed by atoms with E-state index in [-0.39, 0.29) is 6.04 Å². The van der Waals surface area contributed by atoms with E-state index in [1.165, 1.54) is 5.56 Å². The molecule has 0 bridgehead atoms. The molecule has 1 aliphatic rings. The molecule has 1 heterocycles. The van der Waals surface area contributed by atoms with Gasteiger partial charge in [-0.3, -0.25) is 4.99 Å². The second-order valence-electron chi connectivity index (χ2n) is 4.42. The SMILES string of the molecule is Clc1ccc(Cl)c(NC2=NC(c3ccccc3)CS2)c1. The summed E-state index contributed by atoms with van der Waals surface area (Å²) in [6, 6.07) is 15.8. The minimum atomic E-state index is 0.196. The van der Waals surface area contributed by atoms with Gasteiger partial charge < -0.3 is 5.32 Å². The van der Waals surface area contributed by atoms with Crippen LogP contribution in [0.3, 0.4) is 0 Å². The van der Waals surface area contributed by atoms with Crippen LogP contribution in [-0.4, -0.2) is 10.9 Å². The first-order valence-electron chi connectivity index (χ1n) is 6.20. The van der Waals surface area contributed by atoms with Crippen molar-refractivity contribution in [1.82, 2.24) is 0 Å². The third-order valence-electron chi connectivity index (χ3n) is 3.01. The van der Waals surface area contributed by atoms with Crippen LogP contribution in [0.4, 0.5) is 5.69 Å². The zero-order chi connectivity index (χ0) is 13.9. The van der Waals surface area contributed by atoms with Crippen molar-refractivity contribution in [3.63, 3.8) is 0 Å².